The van der Waals surface area contributed by atoms with Crippen molar-refractivity contribution < 1.29 is 29.3 Å². The van der Waals surface area contributed by atoms with E-state index in [4.69, 9.17) is 14.6 Å². The van der Waals surface area contributed by atoms with Gasteiger partial charge in [-0.1, -0.05) is 0 Å². The van der Waals surface area contributed by atoms with Crippen molar-refractivity contribution in [3.8, 4) is 11.5 Å². The van der Waals surface area contributed by atoms with Gasteiger partial charge in [-0.15, -0.1) is 0 Å². The van der Waals surface area contributed by atoms with Crippen LogP contribution in [0.25, 0.3) is 10.9 Å². The first kappa shape index (κ1) is 17.3. The van der Waals surface area contributed by atoms with E-state index >= 15 is 0 Å². The Morgan fingerprint density at radius 1 is 1.29 bits per heavy atom. The first-order valence-electron chi connectivity index (χ1n) is 6.94. The number of hydrogen-bond donors (Lipinski definition) is 4. The van der Waals surface area contributed by atoms with Crippen LogP contribution in [0.2, 0.25) is 0 Å². The monoisotopic (exact) mass is 336 g/mol. The maximum absolute atomic E-state index is 12.0. The zero-order chi connectivity index (χ0) is 17.7. The van der Waals surface area contributed by atoms with E-state index in [1.165, 1.54) is 19.2 Å². The molecule has 0 saturated heterocycles. The summed E-state index contributed by atoms with van der Waals surface area (Å²) in [5, 5.41) is 21.0. The van der Waals surface area contributed by atoms with Gasteiger partial charge >= 0.3 is 5.97 Å². The van der Waals surface area contributed by atoms with Crippen LogP contribution in [-0.4, -0.2) is 53.9 Å². The number of methoxy groups -OCH3 is 1. The molecule has 0 unspecified atom stereocenters. The molecule has 1 heterocycles. The minimum absolute atomic E-state index is 0.231. The second-order valence-corrected chi connectivity index (χ2v) is 4.80. The summed E-state index contributed by atoms with van der Waals surface area (Å²) >= 11 is 0. The van der Waals surface area contributed by atoms with Gasteiger partial charge in [-0.3, -0.25) is 14.4 Å². The molecule has 1 amide bonds. The molecule has 9 heteroatoms. The highest BCUT2D eigenvalue weighted by Gasteiger charge is 2.19. The molecule has 0 fully saturated rings. The van der Waals surface area contributed by atoms with Crippen LogP contribution in [0.4, 0.5) is 0 Å². The number of carboxylic acids is 1. The quantitative estimate of drug-likeness (QED) is 0.525. The topological polar surface area (TPSA) is 138 Å². The zero-order valence-corrected chi connectivity index (χ0v) is 12.8. The fourth-order valence-electron chi connectivity index (χ4n) is 2.05. The van der Waals surface area contributed by atoms with E-state index in [-0.39, 0.29) is 10.9 Å². The Bertz CT molecular complexity index is 828. The Balaban J connectivity index is 2.36. The number of aromatic amines is 1. The van der Waals surface area contributed by atoms with Gasteiger partial charge in [0, 0.05) is 18.6 Å². The van der Waals surface area contributed by atoms with Crippen molar-refractivity contribution in [2.24, 2.45) is 0 Å². The van der Waals surface area contributed by atoms with Gasteiger partial charge in [0.15, 0.2) is 0 Å². The van der Waals surface area contributed by atoms with Gasteiger partial charge in [-0.05, 0) is 12.1 Å². The number of aromatic nitrogens is 1. The molecule has 0 aliphatic rings. The van der Waals surface area contributed by atoms with E-state index in [1.54, 1.807) is 6.07 Å². The summed E-state index contributed by atoms with van der Waals surface area (Å²) in [6, 6.07) is 4.55. The summed E-state index contributed by atoms with van der Waals surface area (Å²) in [5.74, 6) is -2.31. The van der Waals surface area contributed by atoms with Gasteiger partial charge in [-0.25, -0.2) is 0 Å². The van der Waals surface area contributed by atoms with Crippen LogP contribution in [0.15, 0.2) is 23.0 Å². The normalized spacial score (nSPS) is 10.5. The number of carbonyl (C=O) groups excluding carboxylic acids is 1. The molecule has 1 aromatic heterocycles. The molecular weight excluding hydrogens is 320 g/mol. The van der Waals surface area contributed by atoms with Gasteiger partial charge in [0.2, 0.25) is 0 Å². The lowest BCUT2D eigenvalue weighted by Gasteiger charge is -2.10. The number of nitrogens with one attached hydrogen (secondary N) is 2. The molecule has 0 aliphatic heterocycles. The number of carbonyl (C=O) groups is 2. The van der Waals surface area contributed by atoms with Crippen molar-refractivity contribution in [3.63, 3.8) is 0 Å². The number of benzene rings is 1. The second kappa shape index (κ2) is 7.47. The summed E-state index contributed by atoms with van der Waals surface area (Å²) in [4.78, 5) is 36.9. The molecule has 0 saturated carbocycles. The third-order valence-electron chi connectivity index (χ3n) is 3.14. The second-order valence-electron chi connectivity index (χ2n) is 4.80. The number of aromatic hydroxyl groups is 1. The first-order chi connectivity index (χ1) is 11.4. The smallest absolute Gasteiger partial charge is 0.322 e. The number of pyridine rings is 1. The van der Waals surface area contributed by atoms with Gasteiger partial charge in [0.25, 0.3) is 11.5 Å². The number of amides is 1. The standard InChI is InChI=1S/C15H16N2O7/c1-23-4-5-24-8-2-3-9-10(6-8)17-15(22)12(13(9)20)14(21)16-7-11(18)19/h2-3,6H,4-5,7H2,1H3,(H,16,21)(H,18,19)(H2,17,20,22). The van der Waals surface area contributed by atoms with Crippen LogP contribution in [-0.2, 0) is 9.53 Å². The molecule has 0 bridgehead atoms. The van der Waals surface area contributed by atoms with Crippen molar-refractivity contribution in [3.05, 3.63) is 34.1 Å². The number of carboxylic acid groups (broad SMARTS) is 1. The molecule has 2 rings (SSSR count). The molecule has 0 aliphatic carbocycles. The number of aliphatic carboxylic acids is 1. The Labute approximate surface area is 135 Å². The van der Waals surface area contributed by atoms with Crippen molar-refractivity contribution in [1.82, 2.24) is 10.3 Å². The van der Waals surface area contributed by atoms with Crippen molar-refractivity contribution in [2.45, 2.75) is 0 Å². The lowest BCUT2D eigenvalue weighted by Crippen LogP contribution is -2.33. The highest BCUT2D eigenvalue weighted by molar-refractivity contribution is 6.03. The maximum atomic E-state index is 12.0. The van der Waals surface area contributed by atoms with E-state index < -0.39 is 35.3 Å². The number of H-pyrrole nitrogens is 1. The maximum Gasteiger partial charge on any atom is 0.322 e. The fraction of sp³-hybridized carbons (Fsp3) is 0.267. The van der Waals surface area contributed by atoms with Crippen LogP contribution in [0, 0.1) is 0 Å². The van der Waals surface area contributed by atoms with Gasteiger partial charge in [0.1, 0.15) is 30.2 Å². The average Bonchev–Trinajstić information content (AvgIpc) is 2.53. The number of ether oxygens (including phenoxy) is 2. The molecule has 4 N–H and O–H groups in total. The molecule has 0 atom stereocenters. The Morgan fingerprint density at radius 3 is 2.71 bits per heavy atom. The molecular formula is C15H16N2O7. The summed E-state index contributed by atoms with van der Waals surface area (Å²) in [7, 11) is 1.54. The highest BCUT2D eigenvalue weighted by atomic mass is 16.5. The molecule has 24 heavy (non-hydrogen) atoms. The minimum atomic E-state index is -1.27. The average molecular weight is 336 g/mol. The summed E-state index contributed by atoms with van der Waals surface area (Å²) in [6.45, 7) is 0.0401. The zero-order valence-electron chi connectivity index (χ0n) is 12.8. The molecule has 0 spiro atoms. The Kier molecular flexibility index (Phi) is 5.38. The first-order valence-corrected chi connectivity index (χ1v) is 6.94. The molecule has 9 nitrogen and oxygen atoms in total. The third kappa shape index (κ3) is 3.82. The highest BCUT2D eigenvalue weighted by Crippen LogP contribution is 2.27. The predicted molar refractivity (Wildman–Crippen MR) is 83.6 cm³/mol. The van der Waals surface area contributed by atoms with E-state index in [0.717, 1.165) is 0 Å². The lowest BCUT2D eigenvalue weighted by molar-refractivity contribution is -0.135. The van der Waals surface area contributed by atoms with E-state index in [9.17, 15) is 19.5 Å². The minimum Gasteiger partial charge on any atom is -0.506 e. The summed E-state index contributed by atoms with van der Waals surface area (Å²) in [5.41, 5.74) is -1.10. The fourth-order valence-corrected chi connectivity index (χ4v) is 2.05. The lowest BCUT2D eigenvalue weighted by atomic mass is 10.1. The summed E-state index contributed by atoms with van der Waals surface area (Å²) in [6.07, 6.45) is 0. The van der Waals surface area contributed by atoms with E-state index in [2.05, 4.69) is 4.98 Å². The number of rotatable bonds is 7. The Hall–Kier alpha value is -3.07. The van der Waals surface area contributed by atoms with Crippen LogP contribution in [0.1, 0.15) is 10.4 Å². The van der Waals surface area contributed by atoms with E-state index in [1.807, 2.05) is 5.32 Å². The molecule has 0 radical (unpaired) electrons. The predicted octanol–water partition coefficient (Wildman–Crippen LogP) is 0.0733. The number of fused-ring (bicyclic) bond motifs is 1. The van der Waals surface area contributed by atoms with Crippen molar-refractivity contribution >= 4 is 22.8 Å². The van der Waals surface area contributed by atoms with Crippen LogP contribution < -0.4 is 15.6 Å². The van der Waals surface area contributed by atoms with Crippen molar-refractivity contribution in [1.29, 1.82) is 0 Å². The van der Waals surface area contributed by atoms with Crippen molar-refractivity contribution in [2.75, 3.05) is 26.9 Å². The van der Waals surface area contributed by atoms with Gasteiger partial charge in [-0.2, -0.15) is 0 Å². The SMILES string of the molecule is COCCOc1ccc2c(O)c(C(=O)NCC(=O)O)c(=O)[nH]c2c1. The molecule has 128 valence electrons. The van der Waals surface area contributed by atoms with Gasteiger partial charge in [0.05, 0.1) is 12.1 Å². The van der Waals surface area contributed by atoms with Gasteiger partial charge < -0.3 is 30.0 Å². The largest absolute Gasteiger partial charge is 0.506 e. The van der Waals surface area contributed by atoms with Crippen LogP contribution in [0.3, 0.4) is 0 Å². The van der Waals surface area contributed by atoms with Crippen LogP contribution >= 0.6 is 0 Å². The molecule has 2 aromatic rings. The summed E-state index contributed by atoms with van der Waals surface area (Å²) < 4.78 is 10.3. The Morgan fingerprint density at radius 2 is 2.04 bits per heavy atom. The number of hydrogen-bond acceptors (Lipinski definition) is 6. The third-order valence-corrected chi connectivity index (χ3v) is 3.14. The van der Waals surface area contributed by atoms with Crippen LogP contribution in [0.5, 0.6) is 11.5 Å². The molecule has 1 aromatic carbocycles. The van der Waals surface area contributed by atoms with E-state index in [0.29, 0.717) is 19.0 Å².